The molecule has 2 aromatic carbocycles. The number of aliphatic imine (C=N–C) groups is 2. The molecule has 0 aromatic heterocycles. The van der Waals surface area contributed by atoms with Crippen molar-refractivity contribution in [1.82, 2.24) is 5.32 Å². The van der Waals surface area contributed by atoms with Crippen LogP contribution in [0.25, 0.3) is 0 Å². The number of hydrogen-bond donors (Lipinski definition) is 1. The Labute approximate surface area is 173 Å². The van der Waals surface area contributed by atoms with Gasteiger partial charge in [-0.1, -0.05) is 49.0 Å². The minimum absolute atomic E-state index is 0.0272. The zero-order valence-electron chi connectivity index (χ0n) is 17.7. The average Bonchev–Trinajstić information content (AvgIpc) is 3.02. The van der Waals surface area contributed by atoms with Gasteiger partial charge in [-0.25, -0.2) is 9.98 Å². The number of hydrogen-bond acceptors (Lipinski definition) is 4. The van der Waals surface area contributed by atoms with Crippen LogP contribution in [-0.4, -0.2) is 28.7 Å². The number of ether oxygens (including phenoxy) is 1. The fourth-order valence-corrected chi connectivity index (χ4v) is 4.56. The Kier molecular flexibility index (Phi) is 4.91. The van der Waals surface area contributed by atoms with E-state index in [0.29, 0.717) is 11.5 Å². The minimum atomic E-state index is 0.0272. The first-order valence-electron chi connectivity index (χ1n) is 10.2. The average molecular weight is 388 g/mol. The van der Waals surface area contributed by atoms with Gasteiger partial charge in [0.1, 0.15) is 17.6 Å². The summed E-state index contributed by atoms with van der Waals surface area (Å²) in [5, 5.41) is 3.71. The van der Waals surface area contributed by atoms with E-state index in [1.165, 1.54) is 0 Å². The van der Waals surface area contributed by atoms with Gasteiger partial charge in [0.2, 0.25) is 0 Å². The lowest BCUT2D eigenvalue weighted by molar-refractivity contribution is 0.0558. The topological polar surface area (TPSA) is 46.0 Å². The van der Waals surface area contributed by atoms with Gasteiger partial charge in [-0.3, -0.25) is 0 Å². The summed E-state index contributed by atoms with van der Waals surface area (Å²) in [6.45, 7) is 13.1. The Morgan fingerprint density at radius 3 is 2.21 bits per heavy atom. The lowest BCUT2D eigenvalue weighted by Crippen LogP contribution is -2.60. The molecule has 0 unspecified atom stereocenters. The molecule has 0 spiro atoms. The van der Waals surface area contributed by atoms with Gasteiger partial charge in [-0.2, -0.15) is 0 Å². The van der Waals surface area contributed by atoms with E-state index in [9.17, 15) is 0 Å². The molecular formula is C25H29N3O. The molecule has 150 valence electrons. The van der Waals surface area contributed by atoms with Gasteiger partial charge in [0.25, 0.3) is 0 Å². The number of benzene rings is 2. The number of amidine groups is 1. The third-order valence-corrected chi connectivity index (χ3v) is 5.35. The van der Waals surface area contributed by atoms with E-state index in [-0.39, 0.29) is 17.2 Å². The van der Waals surface area contributed by atoms with Gasteiger partial charge >= 0.3 is 0 Å². The highest BCUT2D eigenvalue weighted by Gasteiger charge is 2.39. The molecule has 0 bridgehead atoms. The Morgan fingerprint density at radius 2 is 1.52 bits per heavy atom. The van der Waals surface area contributed by atoms with Crippen molar-refractivity contribution in [2.75, 3.05) is 0 Å². The maximum Gasteiger partial charge on any atom is 0.160 e. The van der Waals surface area contributed by atoms with Crippen molar-refractivity contribution in [2.24, 2.45) is 9.98 Å². The molecule has 0 atom stereocenters. The molecule has 2 aromatic rings. The summed E-state index contributed by atoms with van der Waals surface area (Å²) in [6, 6.07) is 18.1. The standard InChI is InChI=1S/C25H29N3O/c1-17-22(27-23(26-17)18-11-7-6-8-12-18)20-13-9-10-14-21(20)29-19-15-24(2,3)28-25(4,5)16-19/h6-14,19,28H,1,15-16H2,2-5H3. The summed E-state index contributed by atoms with van der Waals surface area (Å²) in [4.78, 5) is 9.40. The molecule has 0 saturated carbocycles. The first-order chi connectivity index (χ1) is 13.7. The van der Waals surface area contributed by atoms with Gasteiger partial charge in [-0.05, 0) is 39.8 Å². The summed E-state index contributed by atoms with van der Waals surface area (Å²) < 4.78 is 6.55. The Hall–Kier alpha value is -2.72. The van der Waals surface area contributed by atoms with Crippen LogP contribution in [0.2, 0.25) is 0 Å². The predicted molar refractivity (Wildman–Crippen MR) is 120 cm³/mol. The smallest absolute Gasteiger partial charge is 0.160 e. The van der Waals surface area contributed by atoms with E-state index >= 15 is 0 Å². The number of allylic oxidation sites excluding steroid dienone is 1. The van der Waals surface area contributed by atoms with E-state index in [1.54, 1.807) is 0 Å². The summed E-state index contributed by atoms with van der Waals surface area (Å²) in [6.07, 6.45) is 2.03. The molecule has 2 aliphatic rings. The summed E-state index contributed by atoms with van der Waals surface area (Å²) in [5.41, 5.74) is 3.45. The molecule has 1 saturated heterocycles. The molecule has 2 heterocycles. The fourth-order valence-electron chi connectivity index (χ4n) is 4.56. The zero-order valence-corrected chi connectivity index (χ0v) is 17.7. The molecule has 0 radical (unpaired) electrons. The number of piperidine rings is 1. The third kappa shape index (κ3) is 4.33. The third-order valence-electron chi connectivity index (χ3n) is 5.35. The number of para-hydroxylation sites is 1. The highest BCUT2D eigenvalue weighted by Crippen LogP contribution is 2.33. The second-order valence-corrected chi connectivity index (χ2v) is 9.25. The second kappa shape index (κ2) is 7.27. The van der Waals surface area contributed by atoms with Crippen molar-refractivity contribution in [3.63, 3.8) is 0 Å². The molecule has 4 heteroatoms. The first-order valence-corrected chi connectivity index (χ1v) is 10.2. The van der Waals surface area contributed by atoms with Crippen molar-refractivity contribution >= 4 is 11.5 Å². The highest BCUT2D eigenvalue weighted by atomic mass is 16.5. The molecule has 4 nitrogen and oxygen atoms in total. The minimum Gasteiger partial charge on any atom is -0.490 e. The monoisotopic (exact) mass is 387 g/mol. The van der Waals surface area contributed by atoms with Crippen molar-refractivity contribution < 1.29 is 4.74 Å². The van der Waals surface area contributed by atoms with Crippen LogP contribution in [0, 0.1) is 0 Å². The van der Waals surface area contributed by atoms with Gasteiger partial charge in [0, 0.05) is 35.0 Å². The summed E-state index contributed by atoms with van der Waals surface area (Å²) in [5.74, 6) is 1.54. The van der Waals surface area contributed by atoms with Crippen LogP contribution in [0.1, 0.15) is 51.7 Å². The molecular weight excluding hydrogens is 358 g/mol. The maximum absolute atomic E-state index is 6.55. The predicted octanol–water partition coefficient (Wildman–Crippen LogP) is 5.14. The number of rotatable bonds is 4. The molecule has 1 N–H and O–H groups in total. The van der Waals surface area contributed by atoms with Crippen molar-refractivity contribution in [2.45, 2.75) is 57.7 Å². The normalized spacial score (nSPS) is 20.9. The van der Waals surface area contributed by atoms with Crippen LogP contribution in [0.4, 0.5) is 0 Å². The van der Waals surface area contributed by atoms with Gasteiger partial charge in [0.15, 0.2) is 5.84 Å². The van der Waals surface area contributed by atoms with E-state index in [2.05, 4.69) is 44.6 Å². The highest BCUT2D eigenvalue weighted by molar-refractivity contribution is 6.24. The number of nitrogens with one attached hydrogen (secondary N) is 1. The van der Waals surface area contributed by atoms with Gasteiger partial charge in [-0.15, -0.1) is 0 Å². The summed E-state index contributed by atoms with van der Waals surface area (Å²) in [7, 11) is 0. The fraction of sp³-hybridized carbons (Fsp3) is 0.360. The van der Waals surface area contributed by atoms with E-state index in [1.807, 2.05) is 54.6 Å². The van der Waals surface area contributed by atoms with Crippen molar-refractivity contribution in [3.05, 3.63) is 78.0 Å². The lowest BCUT2D eigenvalue weighted by atomic mass is 9.81. The second-order valence-electron chi connectivity index (χ2n) is 9.25. The van der Waals surface area contributed by atoms with Crippen LogP contribution in [0.5, 0.6) is 5.75 Å². The Morgan fingerprint density at radius 1 is 0.897 bits per heavy atom. The van der Waals surface area contributed by atoms with E-state index in [0.717, 1.165) is 35.4 Å². The van der Waals surface area contributed by atoms with Crippen LogP contribution in [-0.2, 0) is 0 Å². The van der Waals surface area contributed by atoms with Crippen LogP contribution >= 0.6 is 0 Å². The Balaban J connectivity index is 1.62. The lowest BCUT2D eigenvalue weighted by Gasteiger charge is -2.46. The molecule has 2 aliphatic heterocycles. The van der Waals surface area contributed by atoms with Gasteiger partial charge < -0.3 is 10.1 Å². The summed E-state index contributed by atoms with van der Waals surface area (Å²) >= 11 is 0. The first kappa shape index (κ1) is 19.6. The molecule has 4 rings (SSSR count). The van der Waals surface area contributed by atoms with Gasteiger partial charge in [0.05, 0.1) is 5.70 Å². The van der Waals surface area contributed by atoms with E-state index < -0.39 is 0 Å². The molecule has 0 aliphatic carbocycles. The Bertz CT molecular complexity index is 970. The zero-order chi connectivity index (χ0) is 20.6. The van der Waals surface area contributed by atoms with Crippen molar-refractivity contribution in [3.8, 4) is 5.75 Å². The number of nitrogens with zero attached hydrogens (tertiary/aromatic N) is 2. The molecule has 29 heavy (non-hydrogen) atoms. The van der Waals surface area contributed by atoms with Crippen molar-refractivity contribution in [1.29, 1.82) is 0 Å². The van der Waals surface area contributed by atoms with Crippen LogP contribution in [0.3, 0.4) is 0 Å². The van der Waals surface area contributed by atoms with Crippen LogP contribution in [0.15, 0.2) is 76.9 Å². The quantitative estimate of drug-likeness (QED) is 0.790. The SMILES string of the molecule is C=C1N=C(c2ccccc2)N=C1c1ccccc1OC1CC(C)(C)NC(C)(C)C1. The maximum atomic E-state index is 6.55. The molecule has 0 amide bonds. The largest absolute Gasteiger partial charge is 0.490 e. The van der Waals surface area contributed by atoms with E-state index in [4.69, 9.17) is 9.73 Å². The van der Waals surface area contributed by atoms with Crippen LogP contribution < -0.4 is 10.1 Å². The molecule has 1 fully saturated rings.